The fourth-order valence-electron chi connectivity index (χ4n) is 2.90. The minimum absolute atomic E-state index is 0.0876. The van der Waals surface area contributed by atoms with Crippen LogP contribution in [0.3, 0.4) is 0 Å². The van der Waals surface area contributed by atoms with Crippen molar-refractivity contribution in [1.82, 2.24) is 4.90 Å². The van der Waals surface area contributed by atoms with Crippen LogP contribution in [0.25, 0.3) is 0 Å². The van der Waals surface area contributed by atoms with Crippen molar-refractivity contribution in [3.05, 3.63) is 0 Å². The van der Waals surface area contributed by atoms with E-state index >= 15 is 0 Å². The molecule has 1 saturated heterocycles. The summed E-state index contributed by atoms with van der Waals surface area (Å²) in [6.07, 6.45) is 5.62. The largest absolute Gasteiger partial charge is 0.481 e. The van der Waals surface area contributed by atoms with Gasteiger partial charge in [0.25, 0.3) is 0 Å². The summed E-state index contributed by atoms with van der Waals surface area (Å²) in [6.45, 7) is 1.64. The lowest BCUT2D eigenvalue weighted by Crippen LogP contribution is -2.41. The van der Waals surface area contributed by atoms with Gasteiger partial charge < -0.3 is 10.0 Å². The van der Waals surface area contributed by atoms with Crippen molar-refractivity contribution in [2.75, 3.05) is 13.1 Å². The van der Waals surface area contributed by atoms with E-state index in [0.29, 0.717) is 6.42 Å². The van der Waals surface area contributed by atoms with Gasteiger partial charge in [0.15, 0.2) is 0 Å². The van der Waals surface area contributed by atoms with Gasteiger partial charge >= 0.3 is 5.97 Å². The molecule has 90 valence electrons. The quantitative estimate of drug-likeness (QED) is 0.774. The maximum atomic E-state index is 12.2. The molecule has 16 heavy (non-hydrogen) atoms. The van der Waals surface area contributed by atoms with Crippen LogP contribution in [0.15, 0.2) is 0 Å². The summed E-state index contributed by atoms with van der Waals surface area (Å²) in [5, 5.41) is 9.06. The second kappa shape index (κ2) is 4.85. The predicted molar refractivity (Wildman–Crippen MR) is 58.9 cm³/mol. The Kier molecular flexibility index (Phi) is 3.46. The van der Waals surface area contributed by atoms with Gasteiger partial charge in [0.1, 0.15) is 0 Å². The maximum Gasteiger partial charge on any atom is 0.307 e. The van der Waals surface area contributed by atoms with E-state index in [1.165, 1.54) is 6.42 Å². The number of likely N-dealkylation sites (tertiary alicyclic amines) is 1. The molecule has 0 aromatic heterocycles. The Morgan fingerprint density at radius 3 is 2.19 bits per heavy atom. The van der Waals surface area contributed by atoms with E-state index in [2.05, 4.69) is 0 Å². The molecule has 4 heteroatoms. The zero-order valence-electron chi connectivity index (χ0n) is 9.52. The fourth-order valence-corrected chi connectivity index (χ4v) is 2.90. The smallest absolute Gasteiger partial charge is 0.307 e. The molecule has 2 rings (SSSR count). The molecule has 1 saturated carbocycles. The minimum Gasteiger partial charge on any atom is -0.481 e. The first-order valence-electron chi connectivity index (χ1n) is 6.22. The molecular weight excluding hydrogens is 206 g/mol. The maximum absolute atomic E-state index is 12.2. The second-order valence-corrected chi connectivity index (χ2v) is 4.87. The molecule has 0 spiro atoms. The summed E-state index contributed by atoms with van der Waals surface area (Å²) in [6, 6.07) is 0. The number of hydrogen-bond donors (Lipinski definition) is 1. The number of carbonyl (C=O) groups excluding carboxylic acids is 1. The van der Waals surface area contributed by atoms with Gasteiger partial charge in [-0.05, 0) is 32.1 Å². The molecule has 0 aromatic carbocycles. The minimum atomic E-state index is -0.798. The van der Waals surface area contributed by atoms with Gasteiger partial charge in [0, 0.05) is 13.1 Å². The summed E-state index contributed by atoms with van der Waals surface area (Å²) in [5.41, 5.74) is 0. The molecule has 1 N–H and O–H groups in total. The van der Waals surface area contributed by atoms with Crippen LogP contribution in [0.5, 0.6) is 0 Å². The number of rotatable bonds is 2. The van der Waals surface area contributed by atoms with Gasteiger partial charge in [-0.1, -0.05) is 6.42 Å². The van der Waals surface area contributed by atoms with Crippen molar-refractivity contribution in [1.29, 1.82) is 0 Å². The third kappa shape index (κ3) is 2.20. The SMILES string of the molecule is O=C(O)C1CCCC1C(=O)N1CCCCC1. The van der Waals surface area contributed by atoms with Crippen LogP contribution in [0, 0.1) is 11.8 Å². The second-order valence-electron chi connectivity index (χ2n) is 4.87. The molecule has 0 bridgehead atoms. The van der Waals surface area contributed by atoms with Crippen molar-refractivity contribution < 1.29 is 14.7 Å². The summed E-state index contributed by atoms with van der Waals surface area (Å²) in [4.78, 5) is 25.1. The topological polar surface area (TPSA) is 57.6 Å². The van der Waals surface area contributed by atoms with Crippen LogP contribution in [0.4, 0.5) is 0 Å². The van der Waals surface area contributed by atoms with E-state index < -0.39 is 11.9 Å². The first-order valence-corrected chi connectivity index (χ1v) is 6.22. The third-order valence-electron chi connectivity index (χ3n) is 3.82. The molecule has 0 aromatic rings. The molecule has 1 heterocycles. The Morgan fingerprint density at radius 1 is 0.938 bits per heavy atom. The number of amides is 1. The van der Waals surface area contributed by atoms with Crippen LogP contribution in [0.2, 0.25) is 0 Å². The summed E-state index contributed by atoms with van der Waals surface area (Å²) in [7, 11) is 0. The molecule has 4 nitrogen and oxygen atoms in total. The zero-order chi connectivity index (χ0) is 11.5. The third-order valence-corrected chi connectivity index (χ3v) is 3.82. The lowest BCUT2D eigenvalue weighted by molar-refractivity contribution is -0.149. The summed E-state index contributed by atoms with van der Waals surface area (Å²) >= 11 is 0. The normalized spacial score (nSPS) is 30.4. The number of hydrogen-bond acceptors (Lipinski definition) is 2. The molecule has 1 aliphatic carbocycles. The Bertz CT molecular complexity index is 284. The number of carboxylic acid groups (broad SMARTS) is 1. The van der Waals surface area contributed by atoms with E-state index in [4.69, 9.17) is 5.11 Å². The van der Waals surface area contributed by atoms with Crippen LogP contribution >= 0.6 is 0 Å². The van der Waals surface area contributed by atoms with E-state index in [9.17, 15) is 9.59 Å². The van der Waals surface area contributed by atoms with Crippen molar-refractivity contribution >= 4 is 11.9 Å². The van der Waals surface area contributed by atoms with Crippen LogP contribution < -0.4 is 0 Å². The Morgan fingerprint density at radius 2 is 1.56 bits per heavy atom. The molecule has 2 unspecified atom stereocenters. The number of piperidine rings is 1. The Balaban J connectivity index is 1.99. The molecular formula is C12H19NO3. The molecule has 1 amide bonds. The van der Waals surface area contributed by atoms with Crippen molar-refractivity contribution in [3.8, 4) is 0 Å². The number of aliphatic carboxylic acids is 1. The first-order chi connectivity index (χ1) is 7.70. The standard InChI is InChI=1S/C12H19NO3/c14-11(13-7-2-1-3-8-13)9-5-4-6-10(9)12(15)16/h9-10H,1-8H2,(H,15,16). The van der Waals surface area contributed by atoms with Crippen molar-refractivity contribution in [2.24, 2.45) is 11.8 Å². The van der Waals surface area contributed by atoms with Crippen LogP contribution in [-0.2, 0) is 9.59 Å². The highest BCUT2D eigenvalue weighted by Gasteiger charge is 2.39. The van der Waals surface area contributed by atoms with Gasteiger partial charge in [0.05, 0.1) is 11.8 Å². The lowest BCUT2D eigenvalue weighted by atomic mass is 9.94. The highest BCUT2D eigenvalue weighted by Crippen LogP contribution is 2.33. The number of carbonyl (C=O) groups is 2. The average molecular weight is 225 g/mol. The van der Waals surface area contributed by atoms with Gasteiger partial charge in [0.2, 0.25) is 5.91 Å². The molecule has 2 aliphatic rings. The fraction of sp³-hybridized carbons (Fsp3) is 0.833. The lowest BCUT2D eigenvalue weighted by Gasteiger charge is -2.30. The highest BCUT2D eigenvalue weighted by atomic mass is 16.4. The number of nitrogens with zero attached hydrogens (tertiary/aromatic N) is 1. The van der Waals surface area contributed by atoms with E-state index in [0.717, 1.165) is 38.8 Å². The summed E-state index contributed by atoms with van der Waals surface area (Å²) in [5.74, 6) is -1.40. The van der Waals surface area contributed by atoms with E-state index in [-0.39, 0.29) is 11.8 Å². The average Bonchev–Trinajstić information content (AvgIpc) is 2.78. The predicted octanol–water partition coefficient (Wildman–Crippen LogP) is 1.50. The van der Waals surface area contributed by atoms with Crippen LogP contribution in [0.1, 0.15) is 38.5 Å². The van der Waals surface area contributed by atoms with Gasteiger partial charge in [-0.25, -0.2) is 0 Å². The Hall–Kier alpha value is -1.06. The van der Waals surface area contributed by atoms with Crippen molar-refractivity contribution in [2.45, 2.75) is 38.5 Å². The molecule has 1 aliphatic heterocycles. The zero-order valence-corrected chi connectivity index (χ0v) is 9.52. The first kappa shape index (κ1) is 11.4. The molecule has 0 radical (unpaired) electrons. The summed E-state index contributed by atoms with van der Waals surface area (Å²) < 4.78 is 0. The van der Waals surface area contributed by atoms with Gasteiger partial charge in [-0.15, -0.1) is 0 Å². The van der Waals surface area contributed by atoms with Crippen molar-refractivity contribution in [3.63, 3.8) is 0 Å². The molecule has 2 fully saturated rings. The van der Waals surface area contributed by atoms with E-state index in [1.54, 1.807) is 0 Å². The van der Waals surface area contributed by atoms with Crippen LogP contribution in [-0.4, -0.2) is 35.0 Å². The molecule has 2 atom stereocenters. The number of carboxylic acids is 1. The highest BCUT2D eigenvalue weighted by molar-refractivity contribution is 5.85. The monoisotopic (exact) mass is 225 g/mol. The van der Waals surface area contributed by atoms with Gasteiger partial charge in [-0.2, -0.15) is 0 Å². The Labute approximate surface area is 95.6 Å². The van der Waals surface area contributed by atoms with E-state index in [1.807, 2.05) is 4.90 Å². The van der Waals surface area contributed by atoms with Gasteiger partial charge in [-0.3, -0.25) is 9.59 Å².